The SMILES string of the molecule is N#C/C(=C/c1ccc(OCc2ccc(Cl)cc2)c(Br)c1)C(=O)Nc1cccc(Cl)c1Cl. The lowest BCUT2D eigenvalue weighted by atomic mass is 10.1. The lowest BCUT2D eigenvalue weighted by Gasteiger charge is -2.10. The van der Waals surface area contributed by atoms with Gasteiger partial charge in [0.05, 0.1) is 20.2 Å². The second-order valence-electron chi connectivity index (χ2n) is 6.33. The highest BCUT2D eigenvalue weighted by atomic mass is 79.9. The third-order valence-electron chi connectivity index (χ3n) is 4.14. The Labute approximate surface area is 203 Å². The number of nitrogens with one attached hydrogen (secondary N) is 1. The Morgan fingerprint density at radius 3 is 2.52 bits per heavy atom. The van der Waals surface area contributed by atoms with Gasteiger partial charge in [-0.25, -0.2) is 0 Å². The summed E-state index contributed by atoms with van der Waals surface area (Å²) in [5, 5.41) is 13.2. The Hall–Kier alpha value is -2.49. The zero-order valence-electron chi connectivity index (χ0n) is 15.8. The van der Waals surface area contributed by atoms with Crippen LogP contribution in [-0.2, 0) is 11.4 Å². The molecule has 3 aromatic carbocycles. The highest BCUT2D eigenvalue weighted by Gasteiger charge is 2.13. The third kappa shape index (κ3) is 6.25. The van der Waals surface area contributed by atoms with Crippen molar-refractivity contribution in [2.24, 2.45) is 0 Å². The molecular weight excluding hydrogens is 523 g/mol. The van der Waals surface area contributed by atoms with E-state index in [1.54, 1.807) is 48.5 Å². The van der Waals surface area contributed by atoms with Crippen molar-refractivity contribution < 1.29 is 9.53 Å². The monoisotopic (exact) mass is 534 g/mol. The molecule has 0 saturated heterocycles. The zero-order chi connectivity index (χ0) is 22.4. The molecule has 4 nitrogen and oxygen atoms in total. The second-order valence-corrected chi connectivity index (χ2v) is 8.41. The molecule has 0 fully saturated rings. The molecule has 1 N–H and O–H groups in total. The predicted octanol–water partition coefficient (Wildman–Crippen LogP) is 7.53. The molecule has 0 aliphatic carbocycles. The molecule has 0 heterocycles. The maximum Gasteiger partial charge on any atom is 0.266 e. The van der Waals surface area contributed by atoms with Crippen LogP contribution in [0.15, 0.2) is 70.7 Å². The van der Waals surface area contributed by atoms with E-state index < -0.39 is 5.91 Å². The van der Waals surface area contributed by atoms with Gasteiger partial charge in [0.2, 0.25) is 0 Å². The Morgan fingerprint density at radius 1 is 1.10 bits per heavy atom. The van der Waals surface area contributed by atoms with E-state index in [1.807, 2.05) is 18.2 Å². The van der Waals surface area contributed by atoms with Crippen molar-refractivity contribution in [3.05, 3.63) is 96.9 Å². The van der Waals surface area contributed by atoms with E-state index in [4.69, 9.17) is 39.5 Å². The number of ether oxygens (including phenoxy) is 1. The van der Waals surface area contributed by atoms with Crippen LogP contribution < -0.4 is 10.1 Å². The molecule has 0 spiro atoms. The molecule has 0 atom stereocenters. The minimum Gasteiger partial charge on any atom is -0.488 e. The van der Waals surface area contributed by atoms with E-state index in [0.29, 0.717) is 38.1 Å². The van der Waals surface area contributed by atoms with E-state index in [0.717, 1.165) is 5.56 Å². The molecule has 0 saturated carbocycles. The lowest BCUT2D eigenvalue weighted by Crippen LogP contribution is -2.13. The molecule has 31 heavy (non-hydrogen) atoms. The van der Waals surface area contributed by atoms with Gasteiger partial charge in [0.25, 0.3) is 5.91 Å². The first-order valence-electron chi connectivity index (χ1n) is 8.91. The van der Waals surface area contributed by atoms with Gasteiger partial charge in [0, 0.05) is 5.02 Å². The number of nitriles is 1. The smallest absolute Gasteiger partial charge is 0.266 e. The third-order valence-corrected chi connectivity index (χ3v) is 5.83. The summed E-state index contributed by atoms with van der Waals surface area (Å²) < 4.78 is 6.50. The van der Waals surface area contributed by atoms with Gasteiger partial charge < -0.3 is 10.1 Å². The van der Waals surface area contributed by atoms with E-state index in [2.05, 4.69) is 21.2 Å². The summed E-state index contributed by atoms with van der Waals surface area (Å²) in [6.07, 6.45) is 1.47. The first kappa shape index (κ1) is 23.2. The summed E-state index contributed by atoms with van der Waals surface area (Å²) in [4.78, 5) is 12.5. The van der Waals surface area contributed by atoms with Crippen molar-refractivity contribution >= 4 is 68.4 Å². The molecule has 3 rings (SSSR count). The van der Waals surface area contributed by atoms with Crippen LogP contribution in [0.1, 0.15) is 11.1 Å². The largest absolute Gasteiger partial charge is 0.488 e. The number of carbonyl (C=O) groups is 1. The number of benzene rings is 3. The molecular formula is C23H14BrCl3N2O2. The van der Waals surface area contributed by atoms with E-state index in [1.165, 1.54) is 6.08 Å². The maximum absolute atomic E-state index is 12.5. The Balaban J connectivity index is 1.72. The molecule has 8 heteroatoms. The fourth-order valence-electron chi connectivity index (χ4n) is 2.57. The number of carbonyl (C=O) groups excluding carboxylic acids is 1. The quantitative estimate of drug-likeness (QED) is 0.262. The molecule has 3 aromatic rings. The van der Waals surface area contributed by atoms with Crippen molar-refractivity contribution in [1.82, 2.24) is 0 Å². The minimum atomic E-state index is -0.592. The summed E-state index contributed by atoms with van der Waals surface area (Å²) in [6.45, 7) is 0.372. The van der Waals surface area contributed by atoms with Gasteiger partial charge in [-0.1, -0.05) is 59.1 Å². The molecule has 0 bridgehead atoms. The number of hydrogen-bond donors (Lipinski definition) is 1. The fourth-order valence-corrected chi connectivity index (χ4v) is 3.56. The summed E-state index contributed by atoms with van der Waals surface area (Å²) in [6, 6.07) is 19.4. The van der Waals surface area contributed by atoms with Gasteiger partial charge >= 0.3 is 0 Å². The van der Waals surface area contributed by atoms with Gasteiger partial charge in [0.1, 0.15) is 24.0 Å². The van der Waals surface area contributed by atoms with E-state index >= 15 is 0 Å². The number of rotatable bonds is 6. The van der Waals surface area contributed by atoms with E-state index in [9.17, 15) is 10.1 Å². The van der Waals surface area contributed by atoms with Crippen LogP contribution in [0.2, 0.25) is 15.1 Å². The first-order valence-corrected chi connectivity index (χ1v) is 10.8. The average molecular weight is 537 g/mol. The Kier molecular flexibility index (Phi) is 8.00. The topological polar surface area (TPSA) is 62.1 Å². The molecule has 0 aliphatic heterocycles. The lowest BCUT2D eigenvalue weighted by molar-refractivity contribution is -0.112. The molecule has 0 aromatic heterocycles. The summed E-state index contributed by atoms with van der Waals surface area (Å²) in [5.41, 5.74) is 1.86. The maximum atomic E-state index is 12.5. The first-order chi connectivity index (χ1) is 14.9. The van der Waals surface area contributed by atoms with Gasteiger partial charge in [-0.15, -0.1) is 0 Å². The number of hydrogen-bond acceptors (Lipinski definition) is 3. The molecule has 1 amide bonds. The van der Waals surface area contributed by atoms with Crippen molar-refractivity contribution in [1.29, 1.82) is 5.26 Å². The van der Waals surface area contributed by atoms with E-state index in [-0.39, 0.29) is 10.6 Å². The van der Waals surface area contributed by atoms with Crippen molar-refractivity contribution in [3.63, 3.8) is 0 Å². The summed E-state index contributed by atoms with van der Waals surface area (Å²) in [7, 11) is 0. The second kappa shape index (κ2) is 10.7. The Bertz CT molecular complexity index is 1190. The molecule has 0 aliphatic rings. The van der Waals surface area contributed by atoms with Crippen LogP contribution in [-0.4, -0.2) is 5.91 Å². The minimum absolute atomic E-state index is 0.0854. The van der Waals surface area contributed by atoms with Gasteiger partial charge in [-0.2, -0.15) is 5.26 Å². The highest BCUT2D eigenvalue weighted by Crippen LogP contribution is 2.30. The van der Waals surface area contributed by atoms with Gasteiger partial charge in [-0.05, 0) is 69.5 Å². The normalized spacial score (nSPS) is 11.0. The standard InChI is InChI=1S/C23H14BrCl3N2O2/c24-18-11-15(6-9-21(18)31-13-14-4-7-17(25)8-5-14)10-16(12-28)23(30)29-20-3-1-2-19(26)22(20)27/h1-11H,13H2,(H,29,30)/b16-10-. The van der Waals surface area contributed by atoms with Crippen LogP contribution in [0.3, 0.4) is 0 Å². The number of anilines is 1. The average Bonchev–Trinajstić information content (AvgIpc) is 2.75. The van der Waals surface area contributed by atoms with Crippen LogP contribution >= 0.6 is 50.7 Å². The summed E-state index contributed by atoms with van der Waals surface area (Å²) in [5.74, 6) is 0.0339. The zero-order valence-corrected chi connectivity index (χ0v) is 19.7. The molecule has 0 unspecified atom stereocenters. The highest BCUT2D eigenvalue weighted by molar-refractivity contribution is 9.10. The Morgan fingerprint density at radius 2 is 1.84 bits per heavy atom. The molecule has 156 valence electrons. The fraction of sp³-hybridized carbons (Fsp3) is 0.0435. The van der Waals surface area contributed by atoms with Gasteiger partial charge in [-0.3, -0.25) is 4.79 Å². The number of amides is 1. The van der Waals surface area contributed by atoms with Crippen LogP contribution in [0.25, 0.3) is 6.08 Å². The van der Waals surface area contributed by atoms with Crippen molar-refractivity contribution in [2.75, 3.05) is 5.32 Å². The van der Waals surface area contributed by atoms with Crippen LogP contribution in [0, 0.1) is 11.3 Å². The van der Waals surface area contributed by atoms with Crippen molar-refractivity contribution in [2.45, 2.75) is 6.61 Å². The number of halogens is 4. The van der Waals surface area contributed by atoms with Gasteiger partial charge in [0.15, 0.2) is 0 Å². The summed E-state index contributed by atoms with van der Waals surface area (Å²) >= 11 is 21.4. The van der Waals surface area contributed by atoms with Crippen LogP contribution in [0.5, 0.6) is 5.75 Å². The number of nitrogens with zero attached hydrogens (tertiary/aromatic N) is 1. The van der Waals surface area contributed by atoms with Crippen LogP contribution in [0.4, 0.5) is 5.69 Å². The molecule has 0 radical (unpaired) electrons. The van der Waals surface area contributed by atoms with Crippen molar-refractivity contribution in [3.8, 4) is 11.8 Å². The predicted molar refractivity (Wildman–Crippen MR) is 129 cm³/mol.